The van der Waals surface area contributed by atoms with E-state index in [1.54, 1.807) is 11.8 Å². The first-order valence-corrected chi connectivity index (χ1v) is 7.08. The SMILES string of the molecule is CCSc1c(C(=O)Cl)nc2ccc(I)cn12. The van der Waals surface area contributed by atoms with Crippen LogP contribution in [0.4, 0.5) is 0 Å². The van der Waals surface area contributed by atoms with Gasteiger partial charge in [-0.25, -0.2) is 4.98 Å². The lowest BCUT2D eigenvalue weighted by Crippen LogP contribution is -1.93. The van der Waals surface area contributed by atoms with Gasteiger partial charge in [-0.1, -0.05) is 6.92 Å². The molecular formula is C10H8ClIN2OS. The number of rotatable bonds is 3. The third-order valence-electron chi connectivity index (χ3n) is 2.01. The van der Waals surface area contributed by atoms with E-state index in [1.165, 1.54) is 0 Å². The van der Waals surface area contributed by atoms with Crippen molar-refractivity contribution in [3.05, 3.63) is 27.6 Å². The minimum atomic E-state index is -0.505. The van der Waals surface area contributed by atoms with Crippen molar-refractivity contribution in [3.8, 4) is 0 Å². The first-order valence-electron chi connectivity index (χ1n) is 4.63. The highest BCUT2D eigenvalue weighted by Crippen LogP contribution is 2.26. The summed E-state index contributed by atoms with van der Waals surface area (Å²) in [4.78, 5) is 15.5. The normalized spacial score (nSPS) is 10.9. The highest BCUT2D eigenvalue weighted by atomic mass is 127. The number of carbonyl (C=O) groups excluding carboxylic acids is 1. The van der Waals surface area contributed by atoms with Gasteiger partial charge in [0.1, 0.15) is 10.7 Å². The molecule has 0 atom stereocenters. The van der Waals surface area contributed by atoms with Crippen molar-refractivity contribution in [2.45, 2.75) is 11.9 Å². The van der Waals surface area contributed by atoms with Crippen molar-refractivity contribution < 1.29 is 4.79 Å². The number of imidazole rings is 1. The van der Waals surface area contributed by atoms with Gasteiger partial charge in [-0.3, -0.25) is 9.20 Å². The molecule has 0 aliphatic carbocycles. The molecular weight excluding hydrogens is 359 g/mol. The number of halogens is 2. The fraction of sp³-hybridized carbons (Fsp3) is 0.200. The number of hydrogen-bond donors (Lipinski definition) is 0. The number of nitrogens with zero attached hydrogens (tertiary/aromatic N) is 2. The quantitative estimate of drug-likeness (QED) is 0.474. The van der Waals surface area contributed by atoms with Gasteiger partial charge in [0.2, 0.25) is 0 Å². The Labute approximate surface area is 116 Å². The zero-order valence-corrected chi connectivity index (χ0v) is 12.1. The minimum Gasteiger partial charge on any atom is -0.293 e. The Morgan fingerprint density at radius 3 is 3.00 bits per heavy atom. The monoisotopic (exact) mass is 366 g/mol. The van der Waals surface area contributed by atoms with E-state index in [4.69, 9.17) is 11.6 Å². The predicted molar refractivity (Wildman–Crippen MR) is 74.5 cm³/mol. The van der Waals surface area contributed by atoms with Crippen LogP contribution >= 0.6 is 46.0 Å². The minimum absolute atomic E-state index is 0.343. The fourth-order valence-corrected chi connectivity index (χ4v) is 2.88. The van der Waals surface area contributed by atoms with E-state index in [9.17, 15) is 4.79 Å². The first-order chi connectivity index (χ1) is 7.63. The summed E-state index contributed by atoms with van der Waals surface area (Å²) in [6, 6.07) is 3.83. The Morgan fingerprint density at radius 1 is 1.62 bits per heavy atom. The lowest BCUT2D eigenvalue weighted by molar-refractivity contribution is 0.107. The molecule has 3 nitrogen and oxygen atoms in total. The van der Waals surface area contributed by atoms with Crippen LogP contribution in [0, 0.1) is 3.57 Å². The van der Waals surface area contributed by atoms with E-state index in [0.717, 1.165) is 20.0 Å². The van der Waals surface area contributed by atoms with Crippen molar-refractivity contribution in [1.82, 2.24) is 9.38 Å². The Kier molecular flexibility index (Phi) is 3.76. The molecule has 84 valence electrons. The average Bonchev–Trinajstić information content (AvgIpc) is 2.58. The van der Waals surface area contributed by atoms with Crippen molar-refractivity contribution in [1.29, 1.82) is 0 Å². The molecule has 0 radical (unpaired) electrons. The number of aromatic nitrogens is 2. The maximum Gasteiger partial charge on any atom is 0.273 e. The fourth-order valence-electron chi connectivity index (χ4n) is 1.40. The highest BCUT2D eigenvalue weighted by molar-refractivity contribution is 14.1. The molecule has 16 heavy (non-hydrogen) atoms. The summed E-state index contributed by atoms with van der Waals surface area (Å²) < 4.78 is 3.00. The Morgan fingerprint density at radius 2 is 2.38 bits per heavy atom. The van der Waals surface area contributed by atoms with Crippen LogP contribution in [0.5, 0.6) is 0 Å². The maximum absolute atomic E-state index is 11.3. The standard InChI is InChI=1S/C10H8ClIN2OS/c1-2-16-10-8(9(11)15)13-7-4-3-6(12)5-14(7)10/h3-5H,2H2,1H3. The van der Waals surface area contributed by atoms with Gasteiger partial charge in [-0.2, -0.15) is 0 Å². The molecule has 0 aliphatic heterocycles. The molecule has 6 heteroatoms. The third-order valence-corrected chi connectivity index (χ3v) is 3.78. The molecule has 0 bridgehead atoms. The Hall–Kier alpha value is -0.270. The maximum atomic E-state index is 11.3. The average molecular weight is 367 g/mol. The Bertz CT molecular complexity index is 555. The number of thioether (sulfide) groups is 1. The van der Waals surface area contributed by atoms with Crippen LogP contribution in [0.25, 0.3) is 5.65 Å². The van der Waals surface area contributed by atoms with Gasteiger partial charge >= 0.3 is 0 Å². The molecule has 0 unspecified atom stereocenters. The van der Waals surface area contributed by atoms with E-state index in [2.05, 4.69) is 27.6 Å². The summed E-state index contributed by atoms with van der Waals surface area (Å²) in [6.07, 6.45) is 1.95. The molecule has 0 aliphatic rings. The van der Waals surface area contributed by atoms with Crippen LogP contribution in [0.2, 0.25) is 0 Å². The third kappa shape index (κ3) is 2.21. The molecule has 0 amide bonds. The van der Waals surface area contributed by atoms with Gasteiger partial charge in [0.15, 0.2) is 5.69 Å². The smallest absolute Gasteiger partial charge is 0.273 e. The molecule has 2 aromatic heterocycles. The van der Waals surface area contributed by atoms with E-state index >= 15 is 0 Å². The summed E-state index contributed by atoms with van der Waals surface area (Å²) in [6.45, 7) is 2.03. The van der Waals surface area contributed by atoms with E-state index < -0.39 is 5.24 Å². The molecule has 0 saturated carbocycles. The van der Waals surface area contributed by atoms with Crippen molar-refractivity contribution in [3.63, 3.8) is 0 Å². The van der Waals surface area contributed by atoms with Gasteiger partial charge in [0, 0.05) is 9.77 Å². The summed E-state index contributed by atoms with van der Waals surface area (Å²) >= 11 is 9.32. The summed E-state index contributed by atoms with van der Waals surface area (Å²) in [5.74, 6) is 0.871. The second kappa shape index (κ2) is 4.93. The van der Waals surface area contributed by atoms with Gasteiger partial charge in [-0.05, 0) is 52.1 Å². The van der Waals surface area contributed by atoms with E-state index in [1.807, 2.05) is 29.7 Å². The zero-order valence-electron chi connectivity index (χ0n) is 8.41. The molecule has 0 saturated heterocycles. The highest BCUT2D eigenvalue weighted by Gasteiger charge is 2.17. The van der Waals surface area contributed by atoms with Crippen molar-refractivity contribution >= 4 is 56.8 Å². The zero-order chi connectivity index (χ0) is 11.7. The number of fused-ring (bicyclic) bond motifs is 1. The number of pyridine rings is 1. The second-order valence-corrected chi connectivity index (χ2v) is 5.89. The van der Waals surface area contributed by atoms with Gasteiger partial charge in [0.05, 0.1) is 0 Å². The number of carbonyl (C=O) groups is 1. The molecule has 0 aromatic carbocycles. The molecule has 0 fully saturated rings. The van der Waals surface area contributed by atoms with Gasteiger partial charge in [-0.15, -0.1) is 11.8 Å². The summed E-state index contributed by atoms with van der Waals surface area (Å²) in [5.41, 5.74) is 1.09. The molecule has 0 spiro atoms. The molecule has 2 rings (SSSR count). The number of hydrogen-bond acceptors (Lipinski definition) is 3. The van der Waals surface area contributed by atoms with Crippen LogP contribution in [0.1, 0.15) is 17.4 Å². The lowest BCUT2D eigenvalue weighted by Gasteiger charge is -2.00. The lowest BCUT2D eigenvalue weighted by atomic mass is 10.5. The molecule has 2 aromatic rings. The van der Waals surface area contributed by atoms with Crippen LogP contribution in [-0.2, 0) is 0 Å². The van der Waals surface area contributed by atoms with Gasteiger partial charge < -0.3 is 0 Å². The van der Waals surface area contributed by atoms with Gasteiger partial charge in [0.25, 0.3) is 5.24 Å². The predicted octanol–water partition coefficient (Wildman–Crippen LogP) is 3.43. The van der Waals surface area contributed by atoms with Crippen LogP contribution in [0.3, 0.4) is 0 Å². The largest absolute Gasteiger partial charge is 0.293 e. The van der Waals surface area contributed by atoms with Crippen molar-refractivity contribution in [2.75, 3.05) is 5.75 Å². The van der Waals surface area contributed by atoms with E-state index in [-0.39, 0.29) is 0 Å². The summed E-state index contributed by atoms with van der Waals surface area (Å²) in [5, 5.41) is 0.311. The Balaban J connectivity index is 2.71. The van der Waals surface area contributed by atoms with Crippen LogP contribution in [0.15, 0.2) is 23.4 Å². The molecule has 2 heterocycles. The van der Waals surface area contributed by atoms with Crippen LogP contribution in [-0.4, -0.2) is 20.4 Å². The van der Waals surface area contributed by atoms with E-state index in [0.29, 0.717) is 5.69 Å². The topological polar surface area (TPSA) is 34.4 Å². The first kappa shape index (κ1) is 12.2. The molecule has 0 N–H and O–H groups in total. The van der Waals surface area contributed by atoms with Crippen molar-refractivity contribution in [2.24, 2.45) is 0 Å². The van der Waals surface area contributed by atoms with Crippen LogP contribution < -0.4 is 0 Å². The second-order valence-electron chi connectivity index (χ2n) is 3.05. The summed E-state index contributed by atoms with van der Waals surface area (Å²) in [7, 11) is 0.